The molecule has 2 heterocycles. The highest BCUT2D eigenvalue weighted by Crippen LogP contribution is 2.31. The molecule has 0 bridgehead atoms. The van der Waals surface area contributed by atoms with Crippen LogP contribution in [0, 0.1) is 0 Å². The average molecular weight is 463 g/mol. The fourth-order valence-electron chi connectivity index (χ4n) is 3.37. The van der Waals surface area contributed by atoms with Crippen molar-refractivity contribution in [3.05, 3.63) is 90.9 Å². The summed E-state index contributed by atoms with van der Waals surface area (Å²) in [5, 5.41) is 11.4. The minimum Gasteiger partial charge on any atom is -0.383 e. The molecule has 9 heteroatoms. The number of benzene rings is 2. The molecule has 8 nitrogen and oxygen atoms in total. The maximum atomic E-state index is 11.8. The zero-order valence-electron chi connectivity index (χ0n) is 18.3. The van der Waals surface area contributed by atoms with Crippen LogP contribution in [0.15, 0.2) is 85.3 Å². The number of nitrogens with one attached hydrogen (secondary N) is 3. The lowest BCUT2D eigenvalue weighted by Crippen LogP contribution is -2.26. The van der Waals surface area contributed by atoms with E-state index in [2.05, 4.69) is 20.3 Å². The SMILES string of the molecule is CNS(=O)(=O)CCNc1ccc(Nc2ccccc2)cc1-c1ccn(Cc2cccnc2)n1. The minimum atomic E-state index is -3.30. The lowest BCUT2D eigenvalue weighted by atomic mass is 10.1. The van der Waals surface area contributed by atoms with Crippen LogP contribution in [0.5, 0.6) is 0 Å². The monoisotopic (exact) mass is 462 g/mol. The van der Waals surface area contributed by atoms with Gasteiger partial charge in [-0.2, -0.15) is 5.10 Å². The van der Waals surface area contributed by atoms with E-state index in [-0.39, 0.29) is 12.3 Å². The van der Waals surface area contributed by atoms with Crippen molar-refractivity contribution in [1.29, 1.82) is 0 Å². The van der Waals surface area contributed by atoms with Crippen LogP contribution < -0.4 is 15.4 Å². The van der Waals surface area contributed by atoms with Crippen molar-refractivity contribution in [3.8, 4) is 11.3 Å². The summed E-state index contributed by atoms with van der Waals surface area (Å²) in [5.74, 6) is -0.0254. The van der Waals surface area contributed by atoms with E-state index < -0.39 is 10.0 Å². The summed E-state index contributed by atoms with van der Waals surface area (Å²) in [7, 11) is -1.88. The van der Waals surface area contributed by atoms with E-state index in [1.165, 1.54) is 7.05 Å². The second-order valence-electron chi connectivity index (χ2n) is 7.46. The highest BCUT2D eigenvalue weighted by Gasteiger charge is 2.12. The number of pyridine rings is 1. The number of hydrogen-bond acceptors (Lipinski definition) is 6. The van der Waals surface area contributed by atoms with Gasteiger partial charge in [0.15, 0.2) is 0 Å². The number of para-hydroxylation sites is 1. The summed E-state index contributed by atoms with van der Waals surface area (Å²) in [4.78, 5) is 4.16. The first kappa shape index (κ1) is 22.5. The van der Waals surface area contributed by atoms with Crippen LogP contribution in [0.4, 0.5) is 17.1 Å². The third-order valence-corrected chi connectivity index (χ3v) is 6.43. The first-order valence-electron chi connectivity index (χ1n) is 10.6. The molecule has 4 rings (SSSR count). The van der Waals surface area contributed by atoms with Gasteiger partial charge in [-0.05, 0) is 55.1 Å². The summed E-state index contributed by atoms with van der Waals surface area (Å²) in [6.07, 6.45) is 5.49. The Bertz CT molecular complexity index is 1290. The number of nitrogens with zero attached hydrogens (tertiary/aromatic N) is 3. The molecule has 0 amide bonds. The zero-order valence-corrected chi connectivity index (χ0v) is 19.1. The molecule has 170 valence electrons. The number of rotatable bonds is 10. The summed E-state index contributed by atoms with van der Waals surface area (Å²) >= 11 is 0. The normalized spacial score (nSPS) is 11.3. The molecule has 0 saturated heterocycles. The van der Waals surface area contributed by atoms with Gasteiger partial charge in [0.2, 0.25) is 10.0 Å². The van der Waals surface area contributed by atoms with Gasteiger partial charge in [0.25, 0.3) is 0 Å². The summed E-state index contributed by atoms with van der Waals surface area (Å²) in [5.41, 5.74) is 5.42. The van der Waals surface area contributed by atoms with Gasteiger partial charge in [-0.1, -0.05) is 24.3 Å². The molecule has 0 aliphatic rings. The Balaban J connectivity index is 1.60. The maximum absolute atomic E-state index is 11.8. The van der Waals surface area contributed by atoms with Crippen LogP contribution in [-0.4, -0.2) is 42.5 Å². The molecule has 0 aliphatic heterocycles. The van der Waals surface area contributed by atoms with Crippen molar-refractivity contribution in [2.24, 2.45) is 0 Å². The second kappa shape index (κ2) is 10.3. The Kier molecular flexibility index (Phi) is 7.01. The summed E-state index contributed by atoms with van der Waals surface area (Å²) < 4.78 is 27.8. The van der Waals surface area contributed by atoms with E-state index in [0.29, 0.717) is 6.54 Å². The lowest BCUT2D eigenvalue weighted by molar-refractivity contribution is 0.588. The maximum Gasteiger partial charge on any atom is 0.213 e. The van der Waals surface area contributed by atoms with E-state index in [4.69, 9.17) is 5.10 Å². The first-order chi connectivity index (χ1) is 16.0. The van der Waals surface area contributed by atoms with Crippen molar-refractivity contribution >= 4 is 27.1 Å². The smallest absolute Gasteiger partial charge is 0.213 e. The lowest BCUT2D eigenvalue weighted by Gasteiger charge is -2.14. The molecule has 0 unspecified atom stereocenters. The predicted molar refractivity (Wildman–Crippen MR) is 132 cm³/mol. The molecule has 0 spiro atoms. The van der Waals surface area contributed by atoms with Crippen LogP contribution in [0.1, 0.15) is 5.56 Å². The van der Waals surface area contributed by atoms with Crippen molar-refractivity contribution in [2.45, 2.75) is 6.54 Å². The first-order valence-corrected chi connectivity index (χ1v) is 12.2. The average Bonchev–Trinajstić information content (AvgIpc) is 3.29. The van der Waals surface area contributed by atoms with Crippen LogP contribution >= 0.6 is 0 Å². The van der Waals surface area contributed by atoms with Gasteiger partial charge >= 0.3 is 0 Å². The number of sulfonamides is 1. The number of hydrogen-bond donors (Lipinski definition) is 3. The Labute approximate surface area is 193 Å². The molecular formula is C24H26N6O2S. The van der Waals surface area contributed by atoms with Crippen LogP contribution in [0.3, 0.4) is 0 Å². The third-order valence-electron chi connectivity index (χ3n) is 5.06. The van der Waals surface area contributed by atoms with Gasteiger partial charge in [0, 0.05) is 47.8 Å². The van der Waals surface area contributed by atoms with Gasteiger partial charge in [-0.3, -0.25) is 9.67 Å². The molecule has 33 heavy (non-hydrogen) atoms. The molecule has 0 fully saturated rings. The molecule has 2 aromatic carbocycles. The van der Waals surface area contributed by atoms with E-state index >= 15 is 0 Å². The van der Waals surface area contributed by atoms with Gasteiger partial charge < -0.3 is 10.6 Å². The van der Waals surface area contributed by atoms with Gasteiger partial charge in [-0.15, -0.1) is 0 Å². The predicted octanol–water partition coefficient (Wildman–Crippen LogP) is 3.70. The van der Waals surface area contributed by atoms with Crippen molar-refractivity contribution in [2.75, 3.05) is 30.0 Å². The number of anilines is 3. The molecular weight excluding hydrogens is 436 g/mol. The molecule has 3 N–H and O–H groups in total. The molecule has 0 atom stereocenters. The Morgan fingerprint density at radius 2 is 1.82 bits per heavy atom. The van der Waals surface area contributed by atoms with Crippen LogP contribution in [0.2, 0.25) is 0 Å². The van der Waals surface area contributed by atoms with Gasteiger partial charge in [-0.25, -0.2) is 13.1 Å². The highest BCUT2D eigenvalue weighted by molar-refractivity contribution is 7.89. The highest BCUT2D eigenvalue weighted by atomic mass is 32.2. The van der Waals surface area contributed by atoms with E-state index in [9.17, 15) is 8.42 Å². The standard InChI is InChI=1S/C24H26N6O2S/c1-25-33(31,32)15-13-27-23-10-9-21(28-20-7-3-2-4-8-20)16-22(23)24-11-14-30(29-24)18-19-6-5-12-26-17-19/h2-12,14,16-17,25,27-28H,13,15,18H2,1H3. The van der Waals surface area contributed by atoms with E-state index in [1.54, 1.807) is 6.20 Å². The molecule has 0 radical (unpaired) electrons. The zero-order chi connectivity index (χ0) is 23.1. The topological polar surface area (TPSA) is 101 Å². The second-order valence-corrected chi connectivity index (χ2v) is 9.51. The Morgan fingerprint density at radius 3 is 2.58 bits per heavy atom. The van der Waals surface area contributed by atoms with E-state index in [1.807, 2.05) is 83.8 Å². The summed E-state index contributed by atoms with van der Waals surface area (Å²) in [6, 6.07) is 21.7. The van der Waals surface area contributed by atoms with Gasteiger partial charge in [0.05, 0.1) is 18.0 Å². The summed E-state index contributed by atoms with van der Waals surface area (Å²) in [6.45, 7) is 0.886. The molecule has 0 aliphatic carbocycles. The van der Waals surface area contributed by atoms with Gasteiger partial charge in [0.1, 0.15) is 0 Å². The van der Waals surface area contributed by atoms with E-state index in [0.717, 1.165) is 33.9 Å². The van der Waals surface area contributed by atoms with Crippen LogP contribution in [-0.2, 0) is 16.6 Å². The van der Waals surface area contributed by atoms with Crippen molar-refractivity contribution in [3.63, 3.8) is 0 Å². The molecule has 2 aromatic heterocycles. The fraction of sp³-hybridized carbons (Fsp3) is 0.167. The largest absolute Gasteiger partial charge is 0.383 e. The molecule has 4 aromatic rings. The van der Waals surface area contributed by atoms with Crippen molar-refractivity contribution in [1.82, 2.24) is 19.5 Å². The third kappa shape index (κ3) is 6.18. The quantitative estimate of drug-likeness (QED) is 0.332. The van der Waals surface area contributed by atoms with Crippen molar-refractivity contribution < 1.29 is 8.42 Å². The number of aromatic nitrogens is 3. The molecule has 0 saturated carbocycles. The Hall–Kier alpha value is -3.69. The fourth-order valence-corrected chi connectivity index (χ4v) is 3.95. The Morgan fingerprint density at radius 1 is 0.970 bits per heavy atom. The van der Waals surface area contributed by atoms with Crippen LogP contribution in [0.25, 0.3) is 11.3 Å². The minimum absolute atomic E-state index is 0.0254.